The maximum Gasteiger partial charge on any atom is 0.237 e. The summed E-state index contributed by atoms with van der Waals surface area (Å²) in [4.78, 5) is 30.5. The summed E-state index contributed by atoms with van der Waals surface area (Å²) in [5.41, 5.74) is 6.58. The number of likely N-dealkylation sites (N-methyl/N-ethyl adjacent to an activating group) is 1. The predicted molar refractivity (Wildman–Crippen MR) is 129 cm³/mol. The van der Waals surface area contributed by atoms with Gasteiger partial charge >= 0.3 is 0 Å². The van der Waals surface area contributed by atoms with Gasteiger partial charge in [0, 0.05) is 31.1 Å². The summed E-state index contributed by atoms with van der Waals surface area (Å²) >= 11 is 0. The lowest BCUT2D eigenvalue weighted by Gasteiger charge is -2.36. The van der Waals surface area contributed by atoms with Crippen molar-refractivity contribution in [2.75, 3.05) is 40.4 Å². The summed E-state index contributed by atoms with van der Waals surface area (Å²) < 4.78 is 0. The molecule has 2 amide bonds. The van der Waals surface area contributed by atoms with Crippen LogP contribution in [0.3, 0.4) is 0 Å². The minimum Gasteiger partial charge on any atom is -0.352 e. The zero-order valence-electron chi connectivity index (χ0n) is 20.7. The van der Waals surface area contributed by atoms with Crippen LogP contribution < -0.4 is 26.8 Å². The molecule has 5 N–H and O–H groups in total. The number of carbonyl (C=O) groups is 2. The third kappa shape index (κ3) is 6.25. The number of likely N-dealkylation sites (tertiary alicyclic amines) is 1. The van der Waals surface area contributed by atoms with E-state index < -0.39 is 0 Å². The highest BCUT2D eigenvalue weighted by Crippen LogP contribution is 2.33. The molecular weight excluding hydrogens is 418 g/mol. The van der Waals surface area contributed by atoms with Crippen molar-refractivity contribution in [3.05, 3.63) is 0 Å². The molecule has 0 aromatic rings. The van der Waals surface area contributed by atoms with Gasteiger partial charge in [-0.1, -0.05) is 19.8 Å². The standard InChI is InChI=1S/C24H45N7O2/c1-16(11-22-29-27-15-30(22)3)17-5-4-6-19(12-17)28-23(32)21-13-18(7-9-26-21)24(33)31-10-8-20(14-31)25-2/h16-22,25-27,29H,4-15H2,1-3H3,(H,28,32)/t16-,17?,18?,19?,20-,21?,22?/m1/s1. The van der Waals surface area contributed by atoms with E-state index in [1.54, 1.807) is 0 Å². The Morgan fingerprint density at radius 3 is 2.70 bits per heavy atom. The summed E-state index contributed by atoms with van der Waals surface area (Å²) in [7, 11) is 4.10. The number of nitrogens with one attached hydrogen (secondary N) is 5. The molecule has 3 heterocycles. The number of amides is 2. The summed E-state index contributed by atoms with van der Waals surface area (Å²) in [6.45, 7) is 5.60. The van der Waals surface area contributed by atoms with E-state index in [9.17, 15) is 9.59 Å². The van der Waals surface area contributed by atoms with Gasteiger partial charge in [0.15, 0.2) is 0 Å². The van der Waals surface area contributed by atoms with Crippen molar-refractivity contribution in [3.8, 4) is 0 Å². The van der Waals surface area contributed by atoms with Crippen LogP contribution in [0.2, 0.25) is 0 Å². The number of rotatable bonds is 7. The Hall–Kier alpha value is -1.26. The fourth-order valence-corrected chi connectivity index (χ4v) is 6.27. The fourth-order valence-electron chi connectivity index (χ4n) is 6.27. The van der Waals surface area contributed by atoms with Crippen LogP contribution in [-0.4, -0.2) is 86.3 Å². The third-order valence-electron chi connectivity index (χ3n) is 8.57. The fraction of sp³-hybridized carbons (Fsp3) is 0.917. The van der Waals surface area contributed by atoms with Gasteiger partial charge in [0.1, 0.15) is 0 Å². The molecule has 33 heavy (non-hydrogen) atoms. The molecule has 0 aromatic carbocycles. The molecule has 1 saturated carbocycles. The van der Waals surface area contributed by atoms with E-state index in [1.165, 1.54) is 12.8 Å². The molecular formula is C24H45N7O2. The van der Waals surface area contributed by atoms with Crippen molar-refractivity contribution < 1.29 is 9.59 Å². The van der Waals surface area contributed by atoms with E-state index in [0.717, 1.165) is 58.4 Å². The molecule has 4 rings (SSSR count). The smallest absolute Gasteiger partial charge is 0.237 e. The molecule has 5 unspecified atom stereocenters. The van der Waals surface area contributed by atoms with Gasteiger partial charge in [-0.15, -0.1) is 0 Å². The highest BCUT2D eigenvalue weighted by Gasteiger charge is 2.37. The van der Waals surface area contributed by atoms with Crippen LogP contribution in [0.15, 0.2) is 0 Å². The van der Waals surface area contributed by atoms with Crippen molar-refractivity contribution in [1.29, 1.82) is 0 Å². The van der Waals surface area contributed by atoms with Crippen molar-refractivity contribution in [1.82, 2.24) is 36.6 Å². The number of carbonyl (C=O) groups excluding carboxylic acids is 2. The van der Waals surface area contributed by atoms with Crippen molar-refractivity contribution in [3.63, 3.8) is 0 Å². The number of hydrogen-bond acceptors (Lipinski definition) is 7. The van der Waals surface area contributed by atoms with Crippen molar-refractivity contribution in [2.24, 2.45) is 17.8 Å². The summed E-state index contributed by atoms with van der Waals surface area (Å²) in [6, 6.07) is 0.395. The van der Waals surface area contributed by atoms with Gasteiger partial charge in [-0.3, -0.25) is 14.5 Å². The highest BCUT2D eigenvalue weighted by molar-refractivity contribution is 5.85. The van der Waals surface area contributed by atoms with Crippen molar-refractivity contribution in [2.45, 2.75) is 82.6 Å². The summed E-state index contributed by atoms with van der Waals surface area (Å²) in [5.74, 6) is 1.53. The lowest BCUT2D eigenvalue weighted by Crippen LogP contribution is -2.54. The first-order valence-electron chi connectivity index (χ1n) is 13.1. The highest BCUT2D eigenvalue weighted by atomic mass is 16.2. The molecule has 9 nitrogen and oxygen atoms in total. The molecule has 0 radical (unpaired) electrons. The van der Waals surface area contributed by atoms with Crippen LogP contribution >= 0.6 is 0 Å². The van der Waals surface area contributed by atoms with E-state index in [1.807, 2.05) is 11.9 Å². The average molecular weight is 464 g/mol. The molecule has 4 aliphatic rings. The molecule has 0 spiro atoms. The second kappa shape index (κ2) is 11.4. The molecule has 4 fully saturated rings. The van der Waals surface area contributed by atoms with Gasteiger partial charge < -0.3 is 20.9 Å². The Balaban J connectivity index is 1.24. The van der Waals surface area contributed by atoms with E-state index >= 15 is 0 Å². The lowest BCUT2D eigenvalue weighted by molar-refractivity contribution is -0.136. The zero-order chi connectivity index (χ0) is 23.4. The normalized spacial score (nSPS) is 36.6. The minimum atomic E-state index is -0.254. The van der Waals surface area contributed by atoms with E-state index in [0.29, 0.717) is 30.5 Å². The molecule has 9 heteroatoms. The van der Waals surface area contributed by atoms with E-state index in [2.05, 4.69) is 45.7 Å². The van der Waals surface area contributed by atoms with Gasteiger partial charge in [-0.05, 0) is 71.0 Å². The SMILES string of the molecule is CN[C@@H]1CCN(C(=O)C2CCNC(C(=O)NC3CCCC([C@H](C)CC4NNCN4C)C3)C2)C1. The quantitative estimate of drug-likeness (QED) is 0.368. The Morgan fingerprint density at radius 2 is 1.97 bits per heavy atom. The monoisotopic (exact) mass is 463 g/mol. The van der Waals surface area contributed by atoms with Gasteiger partial charge in [0.25, 0.3) is 0 Å². The van der Waals surface area contributed by atoms with Gasteiger partial charge in [-0.2, -0.15) is 0 Å². The number of nitrogens with zero attached hydrogens (tertiary/aromatic N) is 2. The summed E-state index contributed by atoms with van der Waals surface area (Å²) in [6.07, 6.45) is 8.50. The number of piperidine rings is 1. The second-order valence-electron chi connectivity index (χ2n) is 10.9. The average Bonchev–Trinajstić information content (AvgIpc) is 3.48. The first-order valence-corrected chi connectivity index (χ1v) is 13.1. The van der Waals surface area contributed by atoms with Crippen LogP contribution in [0, 0.1) is 17.8 Å². The molecule has 3 saturated heterocycles. The first-order chi connectivity index (χ1) is 15.9. The second-order valence-corrected chi connectivity index (χ2v) is 10.9. The lowest BCUT2D eigenvalue weighted by atomic mass is 9.77. The third-order valence-corrected chi connectivity index (χ3v) is 8.57. The van der Waals surface area contributed by atoms with Crippen LogP contribution in [-0.2, 0) is 9.59 Å². The molecule has 188 valence electrons. The molecule has 0 bridgehead atoms. The van der Waals surface area contributed by atoms with Gasteiger partial charge in [0.05, 0.1) is 18.9 Å². The Kier molecular flexibility index (Phi) is 8.62. The topological polar surface area (TPSA) is 101 Å². The maximum absolute atomic E-state index is 13.1. The molecule has 1 aliphatic carbocycles. The van der Waals surface area contributed by atoms with Crippen LogP contribution in [0.5, 0.6) is 0 Å². The number of hydrogen-bond donors (Lipinski definition) is 5. The maximum atomic E-state index is 13.1. The van der Waals surface area contributed by atoms with Crippen LogP contribution in [0.1, 0.15) is 58.3 Å². The molecule has 3 aliphatic heterocycles. The minimum absolute atomic E-state index is 0.0405. The van der Waals surface area contributed by atoms with Crippen LogP contribution in [0.25, 0.3) is 0 Å². The number of hydrazine groups is 1. The Bertz CT molecular complexity index is 677. The first kappa shape index (κ1) is 24.9. The molecule has 0 aromatic heterocycles. The van der Waals surface area contributed by atoms with Crippen molar-refractivity contribution >= 4 is 11.8 Å². The van der Waals surface area contributed by atoms with Gasteiger partial charge in [-0.25, -0.2) is 10.9 Å². The van der Waals surface area contributed by atoms with Crippen LogP contribution in [0.4, 0.5) is 0 Å². The Morgan fingerprint density at radius 1 is 1.12 bits per heavy atom. The predicted octanol–water partition coefficient (Wildman–Crippen LogP) is 0.199. The van der Waals surface area contributed by atoms with E-state index in [4.69, 9.17) is 0 Å². The van der Waals surface area contributed by atoms with Gasteiger partial charge in [0.2, 0.25) is 11.8 Å². The zero-order valence-corrected chi connectivity index (χ0v) is 20.7. The largest absolute Gasteiger partial charge is 0.352 e. The van der Waals surface area contributed by atoms with E-state index in [-0.39, 0.29) is 29.8 Å². The summed E-state index contributed by atoms with van der Waals surface area (Å²) in [5, 5.41) is 10.00. The molecule has 7 atom stereocenters. The Labute approximate surface area is 199 Å².